The number of halogens is 4. The molecule has 1 N–H and O–H groups in total. The van der Waals surface area contributed by atoms with Crippen LogP contribution in [0.25, 0.3) is 5.69 Å². The van der Waals surface area contributed by atoms with Crippen LogP contribution in [-0.2, 0) is 12.3 Å². The van der Waals surface area contributed by atoms with Gasteiger partial charge in [-0.2, -0.15) is 0 Å². The van der Waals surface area contributed by atoms with Gasteiger partial charge in [-0.15, -0.1) is 10.2 Å². The van der Waals surface area contributed by atoms with Crippen LogP contribution in [0.5, 0.6) is 0 Å². The summed E-state index contributed by atoms with van der Waals surface area (Å²) in [6.07, 6.45) is 0. The molecule has 10 heteroatoms. The minimum atomic E-state index is -0.478. The summed E-state index contributed by atoms with van der Waals surface area (Å²) in [5.74, 6) is 0.273. The van der Waals surface area contributed by atoms with E-state index in [4.69, 9.17) is 23.2 Å². The maximum Gasteiger partial charge on any atom is 0.251 e. The summed E-state index contributed by atoms with van der Waals surface area (Å²) >= 11 is 17.3. The molecule has 0 spiro atoms. The highest BCUT2D eigenvalue weighted by molar-refractivity contribution is 9.10. The van der Waals surface area contributed by atoms with Gasteiger partial charge < -0.3 is 5.32 Å². The smallest absolute Gasteiger partial charge is 0.251 e. The zero-order chi connectivity index (χ0) is 23.4. The van der Waals surface area contributed by atoms with Gasteiger partial charge in [0.05, 0.1) is 22.3 Å². The number of aromatic nitrogens is 3. The van der Waals surface area contributed by atoms with Gasteiger partial charge >= 0.3 is 0 Å². The number of nitrogens with zero attached hydrogens (tertiary/aromatic N) is 3. The fourth-order valence-corrected chi connectivity index (χ4v) is 4.49. The zero-order valence-electron chi connectivity index (χ0n) is 16.9. The number of thioether (sulfide) groups is 1. The second kappa shape index (κ2) is 10.7. The average molecular weight is 566 g/mol. The Morgan fingerprint density at radius 2 is 1.82 bits per heavy atom. The van der Waals surface area contributed by atoms with Crippen LogP contribution in [0.15, 0.2) is 76.4 Å². The molecule has 168 valence electrons. The second-order valence-electron chi connectivity index (χ2n) is 6.94. The summed E-state index contributed by atoms with van der Waals surface area (Å²) in [5.41, 5.74) is 2.05. The van der Waals surface area contributed by atoms with Gasteiger partial charge in [-0.05, 0) is 54.1 Å². The molecule has 0 aliphatic heterocycles. The standard InChI is InChI=1S/C23H16BrCl2FN4OS/c24-16-6-4-14(5-7-16)13-33-23-30-29-21(31(23)18-8-9-19(25)20(26)11-18)12-28-22(32)15-2-1-3-17(27)10-15/h1-11H,12-13H2,(H,28,32). The molecule has 0 bridgehead atoms. The van der Waals surface area contributed by atoms with Gasteiger partial charge in [0, 0.05) is 15.8 Å². The predicted molar refractivity (Wildman–Crippen MR) is 133 cm³/mol. The maximum absolute atomic E-state index is 13.5. The van der Waals surface area contributed by atoms with Crippen molar-refractivity contribution in [2.75, 3.05) is 0 Å². The number of nitrogens with one attached hydrogen (secondary N) is 1. The van der Waals surface area contributed by atoms with Crippen molar-refractivity contribution in [3.63, 3.8) is 0 Å². The average Bonchev–Trinajstić information content (AvgIpc) is 3.21. The summed E-state index contributed by atoms with van der Waals surface area (Å²) in [4.78, 5) is 12.5. The molecule has 0 aliphatic rings. The Hall–Kier alpha value is -2.39. The molecule has 4 aromatic rings. The third-order valence-electron chi connectivity index (χ3n) is 4.64. The van der Waals surface area contributed by atoms with Crippen LogP contribution in [-0.4, -0.2) is 20.7 Å². The number of benzene rings is 3. The van der Waals surface area contributed by atoms with Gasteiger partial charge in [-0.25, -0.2) is 4.39 Å². The normalized spacial score (nSPS) is 10.9. The molecule has 33 heavy (non-hydrogen) atoms. The van der Waals surface area contributed by atoms with E-state index in [1.54, 1.807) is 24.3 Å². The van der Waals surface area contributed by atoms with Crippen molar-refractivity contribution in [2.45, 2.75) is 17.5 Å². The highest BCUT2D eigenvalue weighted by Crippen LogP contribution is 2.29. The van der Waals surface area contributed by atoms with E-state index in [1.165, 1.54) is 30.0 Å². The SMILES string of the molecule is O=C(NCc1nnc(SCc2ccc(Br)cc2)n1-c1ccc(Cl)c(Cl)c1)c1cccc(F)c1. The number of carbonyl (C=O) groups is 1. The molecule has 1 heterocycles. The molecule has 4 rings (SSSR count). The van der Waals surface area contributed by atoms with Crippen molar-refractivity contribution in [3.05, 3.63) is 104 Å². The Morgan fingerprint density at radius 1 is 1.03 bits per heavy atom. The van der Waals surface area contributed by atoms with Gasteiger partial charge in [0.2, 0.25) is 0 Å². The van der Waals surface area contributed by atoms with E-state index in [0.717, 1.165) is 10.0 Å². The molecule has 0 saturated carbocycles. The van der Waals surface area contributed by atoms with E-state index >= 15 is 0 Å². The lowest BCUT2D eigenvalue weighted by Gasteiger charge is -2.12. The second-order valence-corrected chi connectivity index (χ2v) is 9.61. The first-order valence-corrected chi connectivity index (χ1v) is 12.2. The molecule has 1 amide bonds. The van der Waals surface area contributed by atoms with Crippen LogP contribution >= 0.6 is 50.9 Å². The van der Waals surface area contributed by atoms with Gasteiger partial charge in [0.15, 0.2) is 11.0 Å². The Labute approximate surface area is 212 Å². The number of rotatable bonds is 7. The van der Waals surface area contributed by atoms with Gasteiger partial charge in [0.1, 0.15) is 5.82 Å². The molecule has 0 radical (unpaired) electrons. The molecule has 0 aliphatic carbocycles. The molecular weight excluding hydrogens is 550 g/mol. The first-order valence-electron chi connectivity index (χ1n) is 9.71. The van der Waals surface area contributed by atoms with Crippen molar-refractivity contribution in [1.82, 2.24) is 20.1 Å². The van der Waals surface area contributed by atoms with Crippen LogP contribution < -0.4 is 5.32 Å². The van der Waals surface area contributed by atoms with Crippen LogP contribution in [0.3, 0.4) is 0 Å². The lowest BCUT2D eigenvalue weighted by atomic mass is 10.2. The number of carbonyl (C=O) groups excluding carboxylic acids is 1. The quantitative estimate of drug-likeness (QED) is 0.253. The molecule has 3 aromatic carbocycles. The monoisotopic (exact) mass is 564 g/mol. The molecule has 0 fully saturated rings. The van der Waals surface area contributed by atoms with Crippen LogP contribution in [0, 0.1) is 5.82 Å². The summed E-state index contributed by atoms with van der Waals surface area (Å²) in [5, 5.41) is 12.8. The highest BCUT2D eigenvalue weighted by Gasteiger charge is 2.17. The van der Waals surface area contributed by atoms with E-state index in [0.29, 0.717) is 32.5 Å². The van der Waals surface area contributed by atoms with E-state index in [2.05, 4.69) is 31.4 Å². The fourth-order valence-electron chi connectivity index (χ4n) is 3.01. The van der Waals surface area contributed by atoms with E-state index in [9.17, 15) is 9.18 Å². The third kappa shape index (κ3) is 5.95. The summed E-state index contributed by atoms with van der Waals surface area (Å²) < 4.78 is 16.3. The van der Waals surface area contributed by atoms with Gasteiger partial charge in [-0.3, -0.25) is 9.36 Å². The maximum atomic E-state index is 13.5. The molecule has 5 nitrogen and oxygen atoms in total. The van der Waals surface area contributed by atoms with E-state index in [-0.39, 0.29) is 12.1 Å². The van der Waals surface area contributed by atoms with Crippen molar-refractivity contribution in [1.29, 1.82) is 0 Å². The number of amides is 1. The predicted octanol–water partition coefficient (Wildman–Crippen LogP) is 6.70. The summed E-state index contributed by atoms with van der Waals surface area (Å²) in [7, 11) is 0. The number of hydrogen-bond donors (Lipinski definition) is 1. The molecule has 0 atom stereocenters. The van der Waals surface area contributed by atoms with Gasteiger partial charge in [-0.1, -0.05) is 69.1 Å². The summed E-state index contributed by atoms with van der Waals surface area (Å²) in [6, 6.07) is 18.7. The van der Waals surface area contributed by atoms with Crippen LogP contribution in [0.4, 0.5) is 4.39 Å². The van der Waals surface area contributed by atoms with Crippen molar-refractivity contribution in [2.24, 2.45) is 0 Å². The summed E-state index contributed by atoms with van der Waals surface area (Å²) in [6.45, 7) is 0.0848. The Kier molecular flexibility index (Phi) is 7.70. The minimum absolute atomic E-state index is 0.0848. The molecule has 0 unspecified atom stereocenters. The first-order chi connectivity index (χ1) is 15.9. The third-order valence-corrected chi connectivity index (χ3v) is 6.90. The Bertz CT molecular complexity index is 1300. The van der Waals surface area contributed by atoms with E-state index < -0.39 is 11.7 Å². The molecule has 1 aromatic heterocycles. The molecular formula is C23H16BrCl2FN4OS. The van der Waals surface area contributed by atoms with Gasteiger partial charge in [0.25, 0.3) is 5.91 Å². The van der Waals surface area contributed by atoms with Crippen molar-refractivity contribution in [3.8, 4) is 5.69 Å². The topological polar surface area (TPSA) is 59.8 Å². The lowest BCUT2D eigenvalue weighted by molar-refractivity contribution is 0.0949. The largest absolute Gasteiger partial charge is 0.345 e. The Morgan fingerprint density at radius 3 is 2.55 bits per heavy atom. The van der Waals surface area contributed by atoms with Crippen LogP contribution in [0.1, 0.15) is 21.7 Å². The van der Waals surface area contributed by atoms with Crippen molar-refractivity contribution >= 4 is 56.8 Å². The number of hydrogen-bond acceptors (Lipinski definition) is 4. The fraction of sp³-hybridized carbons (Fsp3) is 0.0870. The van der Waals surface area contributed by atoms with E-state index in [1.807, 2.05) is 28.8 Å². The van der Waals surface area contributed by atoms with Crippen molar-refractivity contribution < 1.29 is 9.18 Å². The molecule has 0 saturated heterocycles. The zero-order valence-corrected chi connectivity index (χ0v) is 20.8. The van der Waals surface area contributed by atoms with Crippen LogP contribution in [0.2, 0.25) is 10.0 Å². The Balaban J connectivity index is 1.59. The first kappa shape index (κ1) is 23.8. The minimum Gasteiger partial charge on any atom is -0.345 e. The lowest BCUT2D eigenvalue weighted by Crippen LogP contribution is -2.24. The highest BCUT2D eigenvalue weighted by atomic mass is 79.9.